The highest BCUT2D eigenvalue weighted by Crippen LogP contribution is 2.29. The van der Waals surface area contributed by atoms with E-state index in [2.05, 4.69) is 10.6 Å². The van der Waals surface area contributed by atoms with Crippen molar-refractivity contribution in [1.82, 2.24) is 0 Å². The molecule has 0 aliphatic carbocycles. The van der Waals surface area contributed by atoms with E-state index in [1.807, 2.05) is 6.07 Å². The number of anilines is 2. The summed E-state index contributed by atoms with van der Waals surface area (Å²) in [7, 11) is 1.59. The number of fused-ring (bicyclic) bond motifs is 1. The summed E-state index contributed by atoms with van der Waals surface area (Å²) in [4.78, 5) is 12.1. The van der Waals surface area contributed by atoms with Gasteiger partial charge >= 0.3 is 6.03 Å². The molecular formula is C18H16N2O3. The van der Waals surface area contributed by atoms with Crippen LogP contribution in [0.1, 0.15) is 0 Å². The number of hydrogen-bond donors (Lipinski definition) is 3. The number of urea groups is 1. The van der Waals surface area contributed by atoms with E-state index in [0.717, 1.165) is 11.1 Å². The van der Waals surface area contributed by atoms with E-state index in [-0.39, 0.29) is 11.8 Å². The van der Waals surface area contributed by atoms with Crippen LogP contribution in [0.15, 0.2) is 60.7 Å². The molecule has 116 valence electrons. The van der Waals surface area contributed by atoms with Gasteiger partial charge in [-0.3, -0.25) is 0 Å². The fraction of sp³-hybridized carbons (Fsp3) is 0.0556. The summed E-state index contributed by atoms with van der Waals surface area (Å²) in [5, 5.41) is 16.9. The molecule has 5 heteroatoms. The van der Waals surface area contributed by atoms with Gasteiger partial charge in [0.1, 0.15) is 11.5 Å². The van der Waals surface area contributed by atoms with Crippen LogP contribution in [0.3, 0.4) is 0 Å². The molecule has 0 aromatic heterocycles. The fourth-order valence-corrected chi connectivity index (χ4v) is 2.36. The second kappa shape index (κ2) is 6.27. The van der Waals surface area contributed by atoms with Crippen molar-refractivity contribution in [3.8, 4) is 11.5 Å². The van der Waals surface area contributed by atoms with Crippen LogP contribution >= 0.6 is 0 Å². The smallest absolute Gasteiger partial charge is 0.323 e. The van der Waals surface area contributed by atoms with Crippen molar-refractivity contribution in [3.63, 3.8) is 0 Å². The molecule has 0 fully saturated rings. The largest absolute Gasteiger partial charge is 0.507 e. The minimum Gasteiger partial charge on any atom is -0.507 e. The summed E-state index contributed by atoms with van der Waals surface area (Å²) >= 11 is 0. The van der Waals surface area contributed by atoms with E-state index in [9.17, 15) is 9.90 Å². The minimum absolute atomic E-state index is 0.182. The predicted octanol–water partition coefficient (Wildman–Crippen LogP) is 4.20. The average Bonchev–Trinajstić information content (AvgIpc) is 2.56. The van der Waals surface area contributed by atoms with Crippen LogP contribution in [0, 0.1) is 0 Å². The molecule has 3 aromatic carbocycles. The third kappa shape index (κ3) is 3.18. The first-order valence-electron chi connectivity index (χ1n) is 7.10. The first-order chi connectivity index (χ1) is 11.2. The van der Waals surface area contributed by atoms with Gasteiger partial charge < -0.3 is 20.5 Å². The van der Waals surface area contributed by atoms with Crippen molar-refractivity contribution in [1.29, 1.82) is 0 Å². The van der Waals surface area contributed by atoms with Gasteiger partial charge in [0.25, 0.3) is 0 Å². The van der Waals surface area contributed by atoms with Gasteiger partial charge in [-0.25, -0.2) is 4.79 Å². The number of amides is 2. The van der Waals surface area contributed by atoms with Crippen molar-refractivity contribution in [3.05, 3.63) is 60.7 Å². The number of carbonyl (C=O) groups excluding carboxylic acids is 1. The lowest BCUT2D eigenvalue weighted by Crippen LogP contribution is -2.19. The summed E-state index contributed by atoms with van der Waals surface area (Å²) in [5.41, 5.74) is 1.29. The van der Waals surface area contributed by atoms with Crippen molar-refractivity contribution < 1.29 is 14.6 Å². The minimum atomic E-state index is -0.356. The molecule has 0 atom stereocenters. The molecule has 0 aliphatic rings. The number of methoxy groups -OCH3 is 1. The van der Waals surface area contributed by atoms with Crippen LogP contribution in [0.5, 0.6) is 11.5 Å². The Balaban J connectivity index is 1.78. The zero-order chi connectivity index (χ0) is 16.2. The lowest BCUT2D eigenvalue weighted by Gasteiger charge is -2.11. The molecule has 0 saturated heterocycles. The number of ether oxygens (including phenoxy) is 1. The highest BCUT2D eigenvalue weighted by molar-refractivity contribution is 6.07. The molecule has 3 aromatic rings. The van der Waals surface area contributed by atoms with Gasteiger partial charge in [-0.2, -0.15) is 0 Å². The summed E-state index contributed by atoms with van der Waals surface area (Å²) in [6, 6.07) is 17.3. The maximum absolute atomic E-state index is 12.1. The van der Waals surface area contributed by atoms with Gasteiger partial charge in [0.05, 0.1) is 12.8 Å². The van der Waals surface area contributed by atoms with E-state index in [0.29, 0.717) is 16.8 Å². The molecule has 3 N–H and O–H groups in total. The van der Waals surface area contributed by atoms with Gasteiger partial charge in [-0.15, -0.1) is 0 Å². The highest BCUT2D eigenvalue weighted by atomic mass is 16.5. The summed E-state index contributed by atoms with van der Waals surface area (Å²) in [6.07, 6.45) is 0. The number of hydrogen-bond acceptors (Lipinski definition) is 3. The average molecular weight is 308 g/mol. The molecule has 0 heterocycles. The normalized spacial score (nSPS) is 10.3. The van der Waals surface area contributed by atoms with E-state index in [4.69, 9.17) is 4.74 Å². The maximum Gasteiger partial charge on any atom is 0.323 e. The van der Waals surface area contributed by atoms with Crippen molar-refractivity contribution in [2.24, 2.45) is 0 Å². The lowest BCUT2D eigenvalue weighted by molar-refractivity contribution is 0.262. The monoisotopic (exact) mass is 308 g/mol. The molecule has 23 heavy (non-hydrogen) atoms. The van der Waals surface area contributed by atoms with Crippen molar-refractivity contribution in [2.75, 3.05) is 17.7 Å². The van der Waals surface area contributed by atoms with Gasteiger partial charge in [-0.05, 0) is 36.4 Å². The van der Waals surface area contributed by atoms with E-state index in [1.165, 1.54) is 0 Å². The number of phenolic OH excluding ortho intramolecular Hbond substituents is 1. The van der Waals surface area contributed by atoms with Crippen LogP contribution in [-0.2, 0) is 0 Å². The van der Waals surface area contributed by atoms with Crippen LogP contribution in [0.4, 0.5) is 16.2 Å². The standard InChI is InChI=1S/C18H16N2O3/c1-23-13-10-8-12(9-11-13)19-18(22)20-16-6-2-5-15-14(16)4-3-7-17(15)21/h2-11,21H,1H3,(H2,19,20,22). The third-order valence-electron chi connectivity index (χ3n) is 3.50. The molecule has 0 radical (unpaired) electrons. The number of benzene rings is 3. The molecule has 0 unspecified atom stereocenters. The van der Waals surface area contributed by atoms with Crippen LogP contribution in [0.2, 0.25) is 0 Å². The molecule has 5 nitrogen and oxygen atoms in total. The Morgan fingerprint density at radius 2 is 1.61 bits per heavy atom. The van der Waals surface area contributed by atoms with Gasteiger partial charge in [-0.1, -0.05) is 24.3 Å². The summed E-state index contributed by atoms with van der Waals surface area (Å²) < 4.78 is 5.08. The third-order valence-corrected chi connectivity index (χ3v) is 3.50. The molecule has 0 saturated carbocycles. The van der Waals surface area contributed by atoms with Gasteiger partial charge in [0.2, 0.25) is 0 Å². The van der Waals surface area contributed by atoms with E-state index >= 15 is 0 Å². The van der Waals surface area contributed by atoms with Crippen molar-refractivity contribution in [2.45, 2.75) is 0 Å². The maximum atomic E-state index is 12.1. The van der Waals surface area contributed by atoms with Crippen LogP contribution < -0.4 is 15.4 Å². The number of phenols is 1. The Morgan fingerprint density at radius 3 is 2.35 bits per heavy atom. The van der Waals surface area contributed by atoms with E-state index < -0.39 is 0 Å². The number of carbonyl (C=O) groups is 1. The second-order valence-corrected chi connectivity index (χ2v) is 4.99. The Labute approximate surface area is 133 Å². The molecule has 0 spiro atoms. The number of aromatic hydroxyl groups is 1. The number of rotatable bonds is 3. The molecule has 3 rings (SSSR count). The second-order valence-electron chi connectivity index (χ2n) is 4.99. The topological polar surface area (TPSA) is 70.6 Å². The lowest BCUT2D eigenvalue weighted by atomic mass is 10.1. The van der Waals surface area contributed by atoms with Crippen molar-refractivity contribution >= 4 is 28.2 Å². The van der Waals surface area contributed by atoms with E-state index in [1.54, 1.807) is 61.7 Å². The Morgan fingerprint density at radius 1 is 0.913 bits per heavy atom. The van der Waals surface area contributed by atoms with Gasteiger partial charge in [0, 0.05) is 16.5 Å². The summed E-state index contributed by atoms with van der Waals surface area (Å²) in [5.74, 6) is 0.905. The Kier molecular flexibility index (Phi) is 4.01. The zero-order valence-corrected chi connectivity index (χ0v) is 12.5. The fourth-order valence-electron chi connectivity index (χ4n) is 2.36. The molecular weight excluding hydrogens is 292 g/mol. The van der Waals surface area contributed by atoms with Crippen LogP contribution in [0.25, 0.3) is 10.8 Å². The summed E-state index contributed by atoms with van der Waals surface area (Å²) in [6.45, 7) is 0. The van der Waals surface area contributed by atoms with Gasteiger partial charge in [0.15, 0.2) is 0 Å². The first kappa shape index (κ1) is 14.7. The first-order valence-corrected chi connectivity index (χ1v) is 7.10. The molecule has 2 amide bonds. The van der Waals surface area contributed by atoms with Crippen LogP contribution in [-0.4, -0.2) is 18.2 Å². The quantitative estimate of drug-likeness (QED) is 0.679. The molecule has 0 bridgehead atoms. The predicted molar refractivity (Wildman–Crippen MR) is 91.2 cm³/mol. The Hall–Kier alpha value is -3.21. The SMILES string of the molecule is COc1ccc(NC(=O)Nc2cccc3c(O)cccc23)cc1. The Bertz CT molecular complexity index is 845. The zero-order valence-electron chi connectivity index (χ0n) is 12.5. The highest BCUT2D eigenvalue weighted by Gasteiger charge is 2.07. The number of nitrogens with one attached hydrogen (secondary N) is 2. The molecule has 0 aliphatic heterocycles.